The van der Waals surface area contributed by atoms with Crippen molar-refractivity contribution >= 4 is 35.7 Å². The monoisotopic (exact) mass is 663 g/mol. The van der Waals surface area contributed by atoms with Gasteiger partial charge < -0.3 is 25.7 Å². The zero-order valence-electron chi connectivity index (χ0n) is 27.5. The highest BCUT2D eigenvalue weighted by atomic mass is 35.5. The van der Waals surface area contributed by atoms with Crippen LogP contribution in [-0.4, -0.2) is 48.1 Å². The van der Waals surface area contributed by atoms with Gasteiger partial charge in [0.15, 0.2) is 0 Å². The van der Waals surface area contributed by atoms with Gasteiger partial charge in [0.2, 0.25) is 6.41 Å². The average Bonchev–Trinajstić information content (AvgIpc) is 3.04. The number of benzene rings is 2. The lowest BCUT2D eigenvalue weighted by atomic mass is 9.77. The van der Waals surface area contributed by atoms with Crippen molar-refractivity contribution in [1.29, 1.82) is 0 Å². The predicted molar refractivity (Wildman–Crippen MR) is 190 cm³/mol. The van der Waals surface area contributed by atoms with Crippen molar-refractivity contribution in [2.24, 2.45) is 17.6 Å². The maximum absolute atomic E-state index is 13.9. The Hall–Kier alpha value is -2.12. The number of hydrogen-bond donors (Lipinski definition) is 4. The number of carbonyl (C=O) groups is 1. The number of terminal acetylenes is 1. The lowest BCUT2D eigenvalue weighted by molar-refractivity contribution is -0.105. The summed E-state index contributed by atoms with van der Waals surface area (Å²) in [5.74, 6) is 2.43. The van der Waals surface area contributed by atoms with Crippen LogP contribution in [0.4, 0.5) is 10.1 Å². The first-order valence-corrected chi connectivity index (χ1v) is 17.4. The van der Waals surface area contributed by atoms with Gasteiger partial charge in [-0.3, -0.25) is 4.79 Å². The summed E-state index contributed by atoms with van der Waals surface area (Å²) < 4.78 is 28.5. The summed E-state index contributed by atoms with van der Waals surface area (Å²) >= 11 is 6.84. The van der Waals surface area contributed by atoms with Gasteiger partial charge in [-0.25, -0.2) is 4.39 Å². The molecule has 0 saturated carbocycles. The van der Waals surface area contributed by atoms with Gasteiger partial charge in [-0.1, -0.05) is 50.6 Å². The van der Waals surface area contributed by atoms with Crippen LogP contribution in [0.15, 0.2) is 42.5 Å². The Morgan fingerprint density at radius 3 is 2.49 bits per heavy atom. The summed E-state index contributed by atoms with van der Waals surface area (Å²) in [7, 11) is 0. The summed E-state index contributed by atoms with van der Waals surface area (Å²) in [4.78, 5) is 10.6. The minimum absolute atomic E-state index is 0.131. The SMILES string of the molecule is C#C.CC(CCc1c(F)cccc1NC=O)NCCC(N)CCCSO.CCC(c1ccc(Cl)cc1)C1CCOC(C(C)C)C1. The van der Waals surface area contributed by atoms with Crippen molar-refractivity contribution in [3.05, 3.63) is 64.4 Å². The molecular formula is C36H55ClFN3O3S. The first-order chi connectivity index (χ1) is 21.7. The maximum atomic E-state index is 13.9. The van der Waals surface area contributed by atoms with E-state index in [1.807, 2.05) is 12.1 Å². The molecule has 1 amide bonds. The Morgan fingerprint density at radius 1 is 1.16 bits per heavy atom. The number of anilines is 1. The summed E-state index contributed by atoms with van der Waals surface area (Å²) in [5.41, 5.74) is 8.52. The molecule has 252 valence electrons. The van der Waals surface area contributed by atoms with E-state index in [1.54, 1.807) is 12.1 Å². The zero-order valence-corrected chi connectivity index (χ0v) is 29.1. The first kappa shape index (κ1) is 40.9. The molecule has 0 spiro atoms. The minimum atomic E-state index is -0.294. The van der Waals surface area contributed by atoms with Crippen LogP contribution in [0, 0.1) is 30.5 Å². The molecule has 0 radical (unpaired) electrons. The highest BCUT2D eigenvalue weighted by molar-refractivity contribution is 7.93. The fourth-order valence-corrected chi connectivity index (χ4v) is 6.20. The van der Waals surface area contributed by atoms with E-state index in [0.717, 1.165) is 67.6 Å². The molecule has 2 aromatic carbocycles. The molecule has 1 aliphatic heterocycles. The lowest BCUT2D eigenvalue weighted by Gasteiger charge is -2.36. The first-order valence-electron chi connectivity index (χ1n) is 16.1. The van der Waals surface area contributed by atoms with Crippen molar-refractivity contribution in [2.45, 2.75) is 103 Å². The van der Waals surface area contributed by atoms with E-state index in [4.69, 9.17) is 26.6 Å². The number of halogens is 2. The number of hydrogen-bond acceptors (Lipinski definition) is 6. The van der Waals surface area contributed by atoms with Gasteiger partial charge in [-0.2, -0.15) is 0 Å². The second kappa shape index (κ2) is 24.1. The highest BCUT2D eigenvalue weighted by Crippen LogP contribution is 2.38. The summed E-state index contributed by atoms with van der Waals surface area (Å²) in [6.45, 7) is 10.6. The van der Waals surface area contributed by atoms with Gasteiger partial charge >= 0.3 is 0 Å². The fourth-order valence-electron chi connectivity index (χ4n) is 5.78. The van der Waals surface area contributed by atoms with Gasteiger partial charge in [0.25, 0.3) is 0 Å². The third-order valence-corrected chi connectivity index (χ3v) is 9.11. The Bertz CT molecular complexity index is 1090. The van der Waals surface area contributed by atoms with E-state index in [9.17, 15) is 9.18 Å². The molecule has 5 unspecified atom stereocenters. The van der Waals surface area contributed by atoms with Gasteiger partial charge in [-0.05, 0) is 124 Å². The quantitative estimate of drug-likeness (QED) is 0.0586. The van der Waals surface area contributed by atoms with Crippen LogP contribution in [0.3, 0.4) is 0 Å². The van der Waals surface area contributed by atoms with Gasteiger partial charge in [0.1, 0.15) is 5.82 Å². The summed E-state index contributed by atoms with van der Waals surface area (Å²) in [6, 6.07) is 13.5. The van der Waals surface area contributed by atoms with Crippen molar-refractivity contribution in [1.82, 2.24) is 5.32 Å². The Balaban J connectivity index is 0.000000435. The van der Waals surface area contributed by atoms with E-state index in [1.165, 1.54) is 30.9 Å². The van der Waals surface area contributed by atoms with E-state index in [-0.39, 0.29) is 17.9 Å². The molecule has 3 rings (SSSR count). The van der Waals surface area contributed by atoms with Crippen molar-refractivity contribution < 1.29 is 18.5 Å². The average molecular weight is 664 g/mol. The predicted octanol–water partition coefficient (Wildman–Crippen LogP) is 8.54. The lowest BCUT2D eigenvalue weighted by Crippen LogP contribution is -2.32. The van der Waals surface area contributed by atoms with E-state index >= 15 is 0 Å². The zero-order chi connectivity index (χ0) is 33.6. The van der Waals surface area contributed by atoms with Crippen LogP contribution < -0.4 is 16.4 Å². The summed E-state index contributed by atoms with van der Waals surface area (Å²) in [5, 5.41) is 6.77. The number of nitrogens with one attached hydrogen (secondary N) is 2. The van der Waals surface area contributed by atoms with Crippen LogP contribution in [-0.2, 0) is 16.0 Å². The largest absolute Gasteiger partial charge is 0.378 e. The molecule has 45 heavy (non-hydrogen) atoms. The molecule has 5 N–H and O–H groups in total. The topological polar surface area (TPSA) is 96.6 Å². The molecule has 0 bridgehead atoms. The molecular weight excluding hydrogens is 609 g/mol. The van der Waals surface area contributed by atoms with E-state index in [2.05, 4.69) is 63.3 Å². The molecule has 9 heteroatoms. The molecule has 0 aromatic heterocycles. The Kier molecular flexibility index (Phi) is 21.9. The molecule has 1 saturated heterocycles. The molecule has 6 nitrogen and oxygen atoms in total. The normalized spacial score (nSPS) is 18.0. The van der Waals surface area contributed by atoms with Gasteiger partial charge in [0, 0.05) is 40.7 Å². The highest BCUT2D eigenvalue weighted by Gasteiger charge is 2.30. The number of ether oxygens (including phenoxy) is 1. The molecule has 2 aromatic rings. The van der Waals surface area contributed by atoms with Crippen LogP contribution in [0.1, 0.15) is 89.7 Å². The van der Waals surface area contributed by atoms with Crippen LogP contribution in [0.5, 0.6) is 0 Å². The fraction of sp³-hybridized carbons (Fsp3) is 0.583. The minimum Gasteiger partial charge on any atom is -0.378 e. The standard InChI is InChI=1S/C17H25ClO.C17H28FN3O2S.C2H2/c1-4-16(13-5-7-15(18)8-6-13)14-9-10-19-17(11-14)12(2)3;1-13(20-10-9-14(19)4-3-11-24-23)7-8-15-16(18)5-2-6-17(15)21-12-22;1-2/h5-8,12,14,16-17H,4,9-11H2,1-3H3;2,5-6,12-14,20,23H,3-4,7-11,19H2,1H3,(H,21,22);1-2H. The van der Waals surface area contributed by atoms with Crippen molar-refractivity contribution in [3.8, 4) is 12.8 Å². The maximum Gasteiger partial charge on any atom is 0.211 e. The molecule has 1 aliphatic rings. The van der Waals surface area contributed by atoms with E-state index < -0.39 is 0 Å². The van der Waals surface area contributed by atoms with E-state index in [0.29, 0.717) is 42.0 Å². The summed E-state index contributed by atoms with van der Waals surface area (Å²) in [6.07, 6.45) is 16.6. The molecule has 5 atom stereocenters. The van der Waals surface area contributed by atoms with Crippen LogP contribution in [0.25, 0.3) is 0 Å². The number of nitrogens with two attached hydrogens (primary N) is 1. The second-order valence-corrected chi connectivity index (χ2v) is 13.1. The van der Waals surface area contributed by atoms with Crippen molar-refractivity contribution in [2.75, 3.05) is 24.2 Å². The third kappa shape index (κ3) is 15.8. The third-order valence-electron chi connectivity index (χ3n) is 8.39. The van der Waals surface area contributed by atoms with Crippen molar-refractivity contribution in [3.63, 3.8) is 0 Å². The van der Waals surface area contributed by atoms with Crippen LogP contribution in [0.2, 0.25) is 5.02 Å². The Labute approximate surface area is 281 Å². The number of amides is 1. The smallest absolute Gasteiger partial charge is 0.211 e. The van der Waals surface area contributed by atoms with Crippen LogP contribution >= 0.6 is 23.6 Å². The van der Waals surface area contributed by atoms with Gasteiger partial charge in [-0.15, -0.1) is 12.8 Å². The molecule has 1 heterocycles. The van der Waals surface area contributed by atoms with Gasteiger partial charge in [0.05, 0.1) is 6.10 Å². The Morgan fingerprint density at radius 2 is 1.87 bits per heavy atom. The number of rotatable bonds is 17. The molecule has 1 fully saturated rings. The number of carbonyl (C=O) groups excluding carboxylic acids is 1. The molecule has 0 aliphatic carbocycles. The second-order valence-electron chi connectivity index (χ2n) is 12.0.